The minimum Gasteiger partial charge on any atom is -0.478 e. The van der Waals surface area contributed by atoms with Gasteiger partial charge in [-0.3, -0.25) is 4.79 Å². The third-order valence-corrected chi connectivity index (χ3v) is 2.52. The molecule has 1 aliphatic rings. The van der Waals surface area contributed by atoms with Gasteiger partial charge >= 0.3 is 5.97 Å². The normalized spacial score (nSPS) is 14.5. The second kappa shape index (κ2) is 3.69. The molecule has 0 radical (unpaired) electrons. The Kier molecular flexibility index (Phi) is 2.37. The van der Waals surface area contributed by atoms with Crippen LogP contribution in [0.5, 0.6) is 0 Å². The Balaban J connectivity index is 2.42. The molecule has 0 bridgehead atoms. The number of carbonyl (C=O) groups is 2. The predicted molar refractivity (Wildman–Crippen MR) is 55.8 cm³/mol. The standard InChI is InChI=1S/C12H10O3/c13-11-6-5-9-8(4-7-12(14)15)2-1-3-10(9)11/h1-4,7H,5-6H2,(H,14,15)/b7-4+. The maximum Gasteiger partial charge on any atom is 0.328 e. The summed E-state index contributed by atoms with van der Waals surface area (Å²) in [5.74, 6) is -0.826. The number of ketones is 1. The number of carboxylic acid groups (broad SMARTS) is 1. The molecule has 1 N–H and O–H groups in total. The molecule has 15 heavy (non-hydrogen) atoms. The third kappa shape index (κ3) is 1.81. The summed E-state index contributed by atoms with van der Waals surface area (Å²) >= 11 is 0. The molecule has 1 aliphatic carbocycles. The first-order valence-electron chi connectivity index (χ1n) is 4.74. The first-order chi connectivity index (χ1) is 7.18. The van der Waals surface area contributed by atoms with E-state index in [-0.39, 0.29) is 5.78 Å². The molecule has 0 spiro atoms. The van der Waals surface area contributed by atoms with Gasteiger partial charge in [-0.2, -0.15) is 0 Å². The van der Waals surface area contributed by atoms with Crippen molar-refractivity contribution in [1.82, 2.24) is 0 Å². The number of hydrogen-bond acceptors (Lipinski definition) is 2. The highest BCUT2D eigenvalue weighted by Gasteiger charge is 2.20. The molecule has 3 heteroatoms. The fraction of sp³-hybridized carbons (Fsp3) is 0.167. The molecule has 0 saturated heterocycles. The highest BCUT2D eigenvalue weighted by Crippen LogP contribution is 2.25. The number of aliphatic carboxylic acids is 1. The van der Waals surface area contributed by atoms with Crippen molar-refractivity contribution in [2.24, 2.45) is 0 Å². The van der Waals surface area contributed by atoms with Crippen LogP contribution in [-0.2, 0) is 11.2 Å². The van der Waals surface area contributed by atoms with Crippen LogP contribution in [0.15, 0.2) is 24.3 Å². The molecule has 0 saturated carbocycles. The van der Waals surface area contributed by atoms with E-state index in [1.807, 2.05) is 6.07 Å². The molecule has 0 amide bonds. The van der Waals surface area contributed by atoms with Gasteiger partial charge in [0.15, 0.2) is 5.78 Å². The van der Waals surface area contributed by atoms with Gasteiger partial charge in [0.2, 0.25) is 0 Å². The first-order valence-corrected chi connectivity index (χ1v) is 4.74. The van der Waals surface area contributed by atoms with Crippen LogP contribution in [0.2, 0.25) is 0 Å². The van der Waals surface area contributed by atoms with Crippen LogP contribution in [0.3, 0.4) is 0 Å². The van der Waals surface area contributed by atoms with Gasteiger partial charge in [-0.15, -0.1) is 0 Å². The van der Waals surface area contributed by atoms with Crippen LogP contribution in [-0.4, -0.2) is 16.9 Å². The Morgan fingerprint density at radius 2 is 2.13 bits per heavy atom. The van der Waals surface area contributed by atoms with Gasteiger partial charge < -0.3 is 5.11 Å². The fourth-order valence-electron chi connectivity index (χ4n) is 1.84. The van der Waals surface area contributed by atoms with E-state index in [1.54, 1.807) is 18.2 Å². The first kappa shape index (κ1) is 9.65. The van der Waals surface area contributed by atoms with E-state index in [0.717, 1.165) is 22.8 Å². The molecule has 0 fully saturated rings. The molecular weight excluding hydrogens is 192 g/mol. The number of rotatable bonds is 2. The lowest BCUT2D eigenvalue weighted by Gasteiger charge is -2.01. The predicted octanol–water partition coefficient (Wildman–Crippen LogP) is 1.91. The van der Waals surface area contributed by atoms with Gasteiger partial charge in [-0.1, -0.05) is 18.2 Å². The number of carbonyl (C=O) groups excluding carboxylic acids is 1. The fourth-order valence-corrected chi connectivity index (χ4v) is 1.84. The number of hydrogen-bond donors (Lipinski definition) is 1. The summed E-state index contributed by atoms with van der Waals surface area (Å²) in [6.07, 6.45) is 3.89. The zero-order valence-electron chi connectivity index (χ0n) is 8.06. The van der Waals surface area contributed by atoms with Gasteiger partial charge in [-0.05, 0) is 23.6 Å². The topological polar surface area (TPSA) is 54.4 Å². The molecule has 76 valence electrons. The summed E-state index contributed by atoms with van der Waals surface area (Å²) in [5.41, 5.74) is 2.54. The monoisotopic (exact) mass is 202 g/mol. The molecule has 1 aromatic rings. The van der Waals surface area contributed by atoms with Gasteiger partial charge in [0.05, 0.1) is 0 Å². The molecule has 0 heterocycles. The van der Waals surface area contributed by atoms with Crippen molar-refractivity contribution in [2.45, 2.75) is 12.8 Å². The van der Waals surface area contributed by atoms with Crippen LogP contribution >= 0.6 is 0 Å². The lowest BCUT2D eigenvalue weighted by molar-refractivity contribution is -0.131. The van der Waals surface area contributed by atoms with Crippen LogP contribution < -0.4 is 0 Å². The lowest BCUT2D eigenvalue weighted by atomic mass is 10.0. The van der Waals surface area contributed by atoms with E-state index in [9.17, 15) is 9.59 Å². The summed E-state index contributed by atoms with van der Waals surface area (Å²) in [6.45, 7) is 0. The average molecular weight is 202 g/mol. The molecule has 0 atom stereocenters. The summed E-state index contributed by atoms with van der Waals surface area (Å²) in [4.78, 5) is 21.8. The van der Waals surface area contributed by atoms with Gasteiger partial charge in [-0.25, -0.2) is 4.79 Å². The van der Waals surface area contributed by atoms with Crippen LogP contribution in [0.1, 0.15) is 27.9 Å². The average Bonchev–Trinajstić information content (AvgIpc) is 2.58. The smallest absolute Gasteiger partial charge is 0.328 e. The molecule has 0 aromatic heterocycles. The van der Waals surface area contributed by atoms with E-state index in [0.29, 0.717) is 12.8 Å². The second-order valence-electron chi connectivity index (χ2n) is 3.47. The van der Waals surface area contributed by atoms with Crippen molar-refractivity contribution in [3.8, 4) is 0 Å². The van der Waals surface area contributed by atoms with E-state index in [2.05, 4.69) is 0 Å². The van der Waals surface area contributed by atoms with E-state index < -0.39 is 5.97 Å². The Labute approximate surface area is 87.0 Å². The number of carboxylic acids is 1. The summed E-state index contributed by atoms with van der Waals surface area (Å²) in [7, 11) is 0. The lowest BCUT2D eigenvalue weighted by Crippen LogP contribution is -1.92. The molecule has 1 aromatic carbocycles. The Bertz CT molecular complexity index is 458. The zero-order valence-corrected chi connectivity index (χ0v) is 8.06. The molecule has 0 unspecified atom stereocenters. The molecule has 2 rings (SSSR count). The Morgan fingerprint density at radius 1 is 1.33 bits per heavy atom. The zero-order chi connectivity index (χ0) is 10.8. The van der Waals surface area contributed by atoms with E-state index >= 15 is 0 Å². The SMILES string of the molecule is O=C(O)/C=C/c1cccc2c1CCC2=O. The van der Waals surface area contributed by atoms with Gasteiger partial charge in [0.25, 0.3) is 0 Å². The molecule has 0 aliphatic heterocycles. The Hall–Kier alpha value is -1.90. The minimum atomic E-state index is -0.975. The highest BCUT2D eigenvalue weighted by atomic mass is 16.4. The Morgan fingerprint density at radius 3 is 2.87 bits per heavy atom. The van der Waals surface area contributed by atoms with E-state index in [4.69, 9.17) is 5.11 Å². The maximum absolute atomic E-state index is 11.4. The van der Waals surface area contributed by atoms with Crippen molar-refractivity contribution >= 4 is 17.8 Å². The van der Waals surface area contributed by atoms with Gasteiger partial charge in [0, 0.05) is 18.1 Å². The minimum absolute atomic E-state index is 0.149. The second-order valence-corrected chi connectivity index (χ2v) is 3.47. The summed E-state index contributed by atoms with van der Waals surface area (Å²) in [6, 6.07) is 5.41. The highest BCUT2D eigenvalue weighted by molar-refractivity contribution is 6.01. The van der Waals surface area contributed by atoms with Crippen molar-refractivity contribution in [3.63, 3.8) is 0 Å². The number of Topliss-reactive ketones (excluding diaryl/α,β-unsaturated/α-hetero) is 1. The maximum atomic E-state index is 11.4. The quantitative estimate of drug-likeness (QED) is 0.745. The van der Waals surface area contributed by atoms with Crippen molar-refractivity contribution in [2.75, 3.05) is 0 Å². The largest absolute Gasteiger partial charge is 0.478 e. The number of benzene rings is 1. The van der Waals surface area contributed by atoms with Crippen molar-refractivity contribution in [1.29, 1.82) is 0 Å². The molecular formula is C12H10O3. The van der Waals surface area contributed by atoms with Crippen LogP contribution in [0, 0.1) is 0 Å². The van der Waals surface area contributed by atoms with Crippen LogP contribution in [0.4, 0.5) is 0 Å². The van der Waals surface area contributed by atoms with Gasteiger partial charge in [0.1, 0.15) is 0 Å². The van der Waals surface area contributed by atoms with Crippen LogP contribution in [0.25, 0.3) is 6.08 Å². The van der Waals surface area contributed by atoms with Crippen molar-refractivity contribution in [3.05, 3.63) is 41.0 Å². The van der Waals surface area contributed by atoms with E-state index in [1.165, 1.54) is 0 Å². The van der Waals surface area contributed by atoms with Crippen molar-refractivity contribution < 1.29 is 14.7 Å². The number of fused-ring (bicyclic) bond motifs is 1. The summed E-state index contributed by atoms with van der Waals surface area (Å²) in [5, 5.41) is 8.52. The molecule has 3 nitrogen and oxygen atoms in total. The third-order valence-electron chi connectivity index (χ3n) is 2.52. The summed E-state index contributed by atoms with van der Waals surface area (Å²) < 4.78 is 0.